The summed E-state index contributed by atoms with van der Waals surface area (Å²) >= 11 is 0. The van der Waals surface area contributed by atoms with E-state index in [9.17, 15) is 0 Å². The molecule has 1 atom stereocenters. The second kappa shape index (κ2) is 7.73. The van der Waals surface area contributed by atoms with Gasteiger partial charge < -0.3 is 19.9 Å². The first-order valence-electron chi connectivity index (χ1n) is 8.86. The van der Waals surface area contributed by atoms with Crippen LogP contribution in [0.25, 0.3) is 11.5 Å². The normalized spacial score (nSPS) is 17.6. The van der Waals surface area contributed by atoms with Gasteiger partial charge in [0.15, 0.2) is 5.82 Å². The summed E-state index contributed by atoms with van der Waals surface area (Å²) in [4.78, 5) is 11.3. The minimum atomic E-state index is 0.0959. The minimum Gasteiger partial charge on any atom is -0.495 e. The Hall–Kier alpha value is -2.97. The number of aromatic nitrogens is 3. The van der Waals surface area contributed by atoms with E-state index >= 15 is 0 Å². The maximum atomic E-state index is 5.56. The van der Waals surface area contributed by atoms with Crippen molar-refractivity contribution in [2.75, 3.05) is 39.1 Å². The van der Waals surface area contributed by atoms with Crippen LogP contribution in [0.15, 0.2) is 47.1 Å². The van der Waals surface area contributed by atoms with E-state index in [1.807, 2.05) is 36.4 Å². The SMILES string of the molecule is COc1ccccc1Nc1ncccc1-c1nc(C2CNCCN2C)no1. The third-order valence-corrected chi connectivity index (χ3v) is 4.65. The molecule has 8 nitrogen and oxygen atoms in total. The maximum Gasteiger partial charge on any atom is 0.261 e. The average Bonchev–Trinajstić information content (AvgIpc) is 3.19. The van der Waals surface area contributed by atoms with Gasteiger partial charge in [-0.2, -0.15) is 4.98 Å². The molecule has 0 radical (unpaired) electrons. The number of likely N-dealkylation sites (N-methyl/N-ethyl adjacent to an activating group) is 1. The van der Waals surface area contributed by atoms with E-state index in [-0.39, 0.29) is 6.04 Å². The molecule has 1 saturated heterocycles. The number of rotatable bonds is 5. The Morgan fingerprint density at radius 1 is 1.26 bits per heavy atom. The number of hydrogen-bond donors (Lipinski definition) is 2. The summed E-state index contributed by atoms with van der Waals surface area (Å²) in [5.74, 6) is 2.48. The highest BCUT2D eigenvalue weighted by molar-refractivity contribution is 5.75. The van der Waals surface area contributed by atoms with Gasteiger partial charge in [-0.05, 0) is 31.3 Å². The monoisotopic (exact) mass is 366 g/mol. The molecule has 0 aliphatic carbocycles. The number of nitrogens with one attached hydrogen (secondary N) is 2. The number of pyridine rings is 1. The summed E-state index contributed by atoms with van der Waals surface area (Å²) in [6.45, 7) is 2.71. The van der Waals surface area contributed by atoms with Gasteiger partial charge >= 0.3 is 0 Å². The van der Waals surface area contributed by atoms with Crippen LogP contribution in [0.4, 0.5) is 11.5 Å². The fourth-order valence-electron chi connectivity index (χ4n) is 3.13. The number of anilines is 2. The molecule has 0 saturated carbocycles. The van der Waals surface area contributed by atoms with E-state index < -0.39 is 0 Å². The Balaban J connectivity index is 1.64. The third kappa shape index (κ3) is 3.62. The fraction of sp³-hybridized carbons (Fsp3) is 0.316. The van der Waals surface area contributed by atoms with Crippen molar-refractivity contribution >= 4 is 11.5 Å². The summed E-state index contributed by atoms with van der Waals surface area (Å²) in [7, 11) is 3.71. The lowest BCUT2D eigenvalue weighted by Crippen LogP contribution is -2.44. The van der Waals surface area contributed by atoms with E-state index in [1.54, 1.807) is 13.3 Å². The van der Waals surface area contributed by atoms with Crippen LogP contribution in [0.2, 0.25) is 0 Å². The topological polar surface area (TPSA) is 88.3 Å². The second-order valence-corrected chi connectivity index (χ2v) is 6.38. The zero-order chi connectivity index (χ0) is 18.6. The molecule has 27 heavy (non-hydrogen) atoms. The number of nitrogens with zero attached hydrogens (tertiary/aromatic N) is 4. The van der Waals surface area contributed by atoms with Crippen LogP contribution in [0.3, 0.4) is 0 Å². The Morgan fingerprint density at radius 3 is 3.00 bits per heavy atom. The van der Waals surface area contributed by atoms with Crippen molar-refractivity contribution in [2.24, 2.45) is 0 Å². The van der Waals surface area contributed by atoms with Crippen LogP contribution in [-0.4, -0.2) is 53.8 Å². The van der Waals surface area contributed by atoms with Gasteiger partial charge in [0, 0.05) is 25.8 Å². The predicted octanol–water partition coefficient (Wildman–Crippen LogP) is 2.46. The molecule has 2 aromatic heterocycles. The number of methoxy groups -OCH3 is 1. The highest BCUT2D eigenvalue weighted by Crippen LogP contribution is 2.32. The van der Waals surface area contributed by atoms with Crippen LogP contribution in [0, 0.1) is 0 Å². The van der Waals surface area contributed by atoms with Crippen LogP contribution in [0.5, 0.6) is 5.75 Å². The standard InChI is InChI=1S/C19H22N6O2/c1-25-11-10-20-12-15(25)18-23-19(27-24-18)13-6-5-9-21-17(13)22-14-7-3-4-8-16(14)26-2/h3-9,15,20H,10-12H2,1-2H3,(H,21,22). The first-order chi connectivity index (χ1) is 13.3. The van der Waals surface area contributed by atoms with Crippen molar-refractivity contribution in [1.82, 2.24) is 25.3 Å². The van der Waals surface area contributed by atoms with Crippen molar-refractivity contribution in [3.05, 3.63) is 48.4 Å². The summed E-state index contributed by atoms with van der Waals surface area (Å²) in [5, 5.41) is 10.9. The molecule has 1 aromatic carbocycles. The molecule has 1 fully saturated rings. The van der Waals surface area contributed by atoms with Gasteiger partial charge in [0.2, 0.25) is 0 Å². The van der Waals surface area contributed by atoms with Crippen LogP contribution in [0.1, 0.15) is 11.9 Å². The molecule has 140 valence electrons. The predicted molar refractivity (Wildman–Crippen MR) is 102 cm³/mol. The van der Waals surface area contributed by atoms with E-state index in [2.05, 4.69) is 37.7 Å². The molecule has 1 aliphatic rings. The van der Waals surface area contributed by atoms with E-state index in [0.29, 0.717) is 17.5 Å². The number of para-hydroxylation sites is 2. The smallest absolute Gasteiger partial charge is 0.261 e. The zero-order valence-corrected chi connectivity index (χ0v) is 15.3. The van der Waals surface area contributed by atoms with Gasteiger partial charge in [0.05, 0.1) is 24.4 Å². The van der Waals surface area contributed by atoms with Crippen molar-refractivity contribution < 1.29 is 9.26 Å². The summed E-state index contributed by atoms with van der Waals surface area (Å²) in [6.07, 6.45) is 1.72. The quantitative estimate of drug-likeness (QED) is 0.712. The molecular formula is C19H22N6O2. The summed E-state index contributed by atoms with van der Waals surface area (Å²) < 4.78 is 11.0. The number of hydrogen-bond acceptors (Lipinski definition) is 8. The van der Waals surface area contributed by atoms with Crippen LogP contribution >= 0.6 is 0 Å². The van der Waals surface area contributed by atoms with Gasteiger partial charge in [-0.1, -0.05) is 17.3 Å². The number of piperazine rings is 1. The molecule has 0 spiro atoms. The molecule has 3 aromatic rings. The van der Waals surface area contributed by atoms with Crippen molar-refractivity contribution in [3.63, 3.8) is 0 Å². The fourth-order valence-corrected chi connectivity index (χ4v) is 3.13. The molecular weight excluding hydrogens is 344 g/mol. The van der Waals surface area contributed by atoms with Gasteiger partial charge in [0.25, 0.3) is 5.89 Å². The second-order valence-electron chi connectivity index (χ2n) is 6.38. The minimum absolute atomic E-state index is 0.0959. The Labute approximate surface area is 157 Å². The van der Waals surface area contributed by atoms with Crippen LogP contribution < -0.4 is 15.4 Å². The summed E-state index contributed by atoms with van der Waals surface area (Å²) in [5.41, 5.74) is 1.56. The molecule has 4 rings (SSSR count). The largest absolute Gasteiger partial charge is 0.495 e. The van der Waals surface area contributed by atoms with E-state index in [4.69, 9.17) is 9.26 Å². The third-order valence-electron chi connectivity index (χ3n) is 4.65. The van der Waals surface area contributed by atoms with E-state index in [1.165, 1.54) is 0 Å². The molecule has 1 unspecified atom stereocenters. The summed E-state index contributed by atoms with van der Waals surface area (Å²) in [6, 6.07) is 11.5. The van der Waals surface area contributed by atoms with Gasteiger partial charge in [-0.3, -0.25) is 4.90 Å². The number of ether oxygens (including phenoxy) is 1. The first-order valence-corrected chi connectivity index (χ1v) is 8.86. The Kier molecular flexibility index (Phi) is 4.99. The average molecular weight is 366 g/mol. The first kappa shape index (κ1) is 17.4. The molecule has 0 bridgehead atoms. The number of benzene rings is 1. The molecule has 0 amide bonds. The Bertz CT molecular complexity index is 912. The zero-order valence-electron chi connectivity index (χ0n) is 15.3. The van der Waals surface area contributed by atoms with Crippen LogP contribution in [-0.2, 0) is 0 Å². The lowest BCUT2D eigenvalue weighted by atomic mass is 10.2. The highest BCUT2D eigenvalue weighted by Gasteiger charge is 2.26. The lowest BCUT2D eigenvalue weighted by molar-refractivity contribution is 0.190. The van der Waals surface area contributed by atoms with Gasteiger partial charge in [-0.25, -0.2) is 4.98 Å². The van der Waals surface area contributed by atoms with Crippen molar-refractivity contribution in [2.45, 2.75) is 6.04 Å². The maximum absolute atomic E-state index is 5.56. The van der Waals surface area contributed by atoms with Gasteiger partial charge in [0.1, 0.15) is 11.6 Å². The molecule has 3 heterocycles. The van der Waals surface area contributed by atoms with Crippen molar-refractivity contribution in [1.29, 1.82) is 0 Å². The van der Waals surface area contributed by atoms with Crippen molar-refractivity contribution in [3.8, 4) is 17.2 Å². The highest BCUT2D eigenvalue weighted by atomic mass is 16.5. The molecule has 1 aliphatic heterocycles. The molecule has 8 heteroatoms. The lowest BCUT2D eigenvalue weighted by Gasteiger charge is -2.30. The Morgan fingerprint density at radius 2 is 2.15 bits per heavy atom. The van der Waals surface area contributed by atoms with E-state index in [0.717, 1.165) is 36.6 Å². The molecule has 2 N–H and O–H groups in total. The van der Waals surface area contributed by atoms with Gasteiger partial charge in [-0.15, -0.1) is 0 Å².